The van der Waals surface area contributed by atoms with Gasteiger partial charge in [0.15, 0.2) is 0 Å². The van der Waals surface area contributed by atoms with Gasteiger partial charge in [0.25, 0.3) is 5.91 Å². The van der Waals surface area contributed by atoms with E-state index in [0.717, 1.165) is 67.7 Å². The van der Waals surface area contributed by atoms with Crippen molar-refractivity contribution in [3.05, 3.63) is 77.9 Å². The summed E-state index contributed by atoms with van der Waals surface area (Å²) in [5.41, 5.74) is 2.52. The van der Waals surface area contributed by atoms with Crippen molar-refractivity contribution in [1.82, 2.24) is 9.80 Å². The van der Waals surface area contributed by atoms with Gasteiger partial charge in [-0.15, -0.1) is 0 Å². The first-order valence-corrected chi connectivity index (χ1v) is 12.4. The van der Waals surface area contributed by atoms with Crippen molar-refractivity contribution in [2.75, 3.05) is 32.8 Å². The van der Waals surface area contributed by atoms with E-state index in [1.807, 2.05) is 37.3 Å². The van der Waals surface area contributed by atoms with Crippen LogP contribution in [-0.2, 0) is 6.54 Å². The topological polar surface area (TPSA) is 32.8 Å². The monoisotopic (exact) mass is 442 g/mol. The maximum atomic E-state index is 13.3. The summed E-state index contributed by atoms with van der Waals surface area (Å²) in [6, 6.07) is 22.7. The normalized spacial score (nSPS) is 18.5. The molecule has 2 fully saturated rings. The molecule has 3 aromatic rings. The molecule has 0 N–H and O–H groups in total. The third-order valence-corrected chi connectivity index (χ3v) is 7.71. The van der Waals surface area contributed by atoms with Gasteiger partial charge in [-0.2, -0.15) is 0 Å². The number of piperidine rings is 2. The highest BCUT2D eigenvalue weighted by molar-refractivity contribution is 6.07. The van der Waals surface area contributed by atoms with Gasteiger partial charge < -0.3 is 9.64 Å². The standard InChI is InChI=1S/C29H34N2O2/c1-2-33-27-13-6-4-9-24(27)22-30-18-14-29(15-19-30)16-20-31(21-17-29)28(32)26-12-7-10-23-8-3-5-11-25(23)26/h3-13H,2,14-22H2,1H3. The fourth-order valence-electron chi connectivity index (χ4n) is 5.62. The molecular weight excluding hydrogens is 408 g/mol. The average Bonchev–Trinajstić information content (AvgIpc) is 2.87. The van der Waals surface area contributed by atoms with Crippen molar-refractivity contribution in [3.63, 3.8) is 0 Å². The van der Waals surface area contributed by atoms with Crippen molar-refractivity contribution in [2.24, 2.45) is 5.41 Å². The van der Waals surface area contributed by atoms with E-state index in [-0.39, 0.29) is 5.91 Å². The molecule has 0 atom stereocenters. The second-order valence-corrected chi connectivity index (χ2v) is 9.64. The second kappa shape index (κ2) is 9.56. The summed E-state index contributed by atoms with van der Waals surface area (Å²) in [5.74, 6) is 1.20. The summed E-state index contributed by atoms with van der Waals surface area (Å²) in [6.45, 7) is 7.69. The molecule has 2 aliphatic heterocycles. The zero-order valence-electron chi connectivity index (χ0n) is 19.6. The molecule has 1 spiro atoms. The maximum Gasteiger partial charge on any atom is 0.254 e. The van der Waals surface area contributed by atoms with Crippen molar-refractivity contribution in [3.8, 4) is 5.75 Å². The zero-order valence-corrected chi connectivity index (χ0v) is 19.6. The van der Waals surface area contributed by atoms with Gasteiger partial charge in [-0.25, -0.2) is 0 Å². The van der Waals surface area contributed by atoms with E-state index < -0.39 is 0 Å². The Morgan fingerprint density at radius 3 is 2.30 bits per heavy atom. The number of para-hydroxylation sites is 1. The second-order valence-electron chi connectivity index (χ2n) is 9.64. The molecule has 2 aliphatic rings. The third kappa shape index (κ3) is 4.63. The minimum absolute atomic E-state index is 0.187. The lowest BCUT2D eigenvalue weighted by atomic mass is 9.71. The largest absolute Gasteiger partial charge is 0.494 e. The maximum absolute atomic E-state index is 13.3. The van der Waals surface area contributed by atoms with Crippen LogP contribution in [-0.4, -0.2) is 48.5 Å². The molecule has 0 aliphatic carbocycles. The number of carbonyl (C=O) groups is 1. The number of rotatable bonds is 5. The summed E-state index contributed by atoms with van der Waals surface area (Å²) >= 11 is 0. The number of hydrogen-bond donors (Lipinski definition) is 0. The first kappa shape index (κ1) is 22.0. The average molecular weight is 443 g/mol. The number of amides is 1. The fraction of sp³-hybridized carbons (Fsp3) is 0.414. The van der Waals surface area contributed by atoms with Gasteiger partial charge in [-0.3, -0.25) is 9.69 Å². The quantitative estimate of drug-likeness (QED) is 0.504. The van der Waals surface area contributed by atoms with E-state index in [1.165, 1.54) is 18.4 Å². The van der Waals surface area contributed by atoms with Crippen LogP contribution in [0.4, 0.5) is 0 Å². The van der Waals surface area contributed by atoms with Gasteiger partial charge >= 0.3 is 0 Å². The van der Waals surface area contributed by atoms with E-state index in [9.17, 15) is 4.79 Å². The van der Waals surface area contributed by atoms with E-state index in [2.05, 4.69) is 46.2 Å². The first-order chi connectivity index (χ1) is 16.2. The van der Waals surface area contributed by atoms with Crippen molar-refractivity contribution in [2.45, 2.75) is 39.2 Å². The highest BCUT2D eigenvalue weighted by atomic mass is 16.5. The van der Waals surface area contributed by atoms with Gasteiger partial charge in [0.2, 0.25) is 0 Å². The van der Waals surface area contributed by atoms with Crippen LogP contribution in [0, 0.1) is 5.41 Å². The van der Waals surface area contributed by atoms with Gasteiger partial charge in [-0.05, 0) is 74.0 Å². The Balaban J connectivity index is 1.18. The summed E-state index contributed by atoms with van der Waals surface area (Å²) < 4.78 is 5.82. The summed E-state index contributed by atoms with van der Waals surface area (Å²) in [6.07, 6.45) is 4.68. The Morgan fingerprint density at radius 2 is 1.52 bits per heavy atom. The third-order valence-electron chi connectivity index (χ3n) is 7.71. The van der Waals surface area contributed by atoms with Crippen LogP contribution >= 0.6 is 0 Å². The summed E-state index contributed by atoms with van der Waals surface area (Å²) in [7, 11) is 0. The molecule has 4 nitrogen and oxygen atoms in total. The molecule has 5 rings (SSSR count). The molecule has 1 amide bonds. The number of ether oxygens (including phenoxy) is 1. The van der Waals surface area contributed by atoms with Crippen LogP contribution in [0.5, 0.6) is 5.75 Å². The molecule has 33 heavy (non-hydrogen) atoms. The lowest BCUT2D eigenvalue weighted by molar-refractivity contribution is 0.0284. The molecule has 2 heterocycles. The van der Waals surface area contributed by atoms with Gasteiger partial charge in [0.1, 0.15) is 5.75 Å². The summed E-state index contributed by atoms with van der Waals surface area (Å²) in [5, 5.41) is 2.20. The first-order valence-electron chi connectivity index (χ1n) is 12.4. The van der Waals surface area contributed by atoms with Gasteiger partial charge in [0, 0.05) is 30.8 Å². The Kier molecular flexibility index (Phi) is 6.37. The molecule has 0 bridgehead atoms. The highest BCUT2D eigenvalue weighted by Gasteiger charge is 2.38. The molecular formula is C29H34N2O2. The molecule has 2 saturated heterocycles. The predicted octanol–water partition coefficient (Wildman–Crippen LogP) is 5.76. The zero-order chi connectivity index (χ0) is 22.7. The number of nitrogens with zero attached hydrogens (tertiary/aromatic N) is 2. The molecule has 3 aromatic carbocycles. The van der Waals surface area contributed by atoms with Crippen molar-refractivity contribution in [1.29, 1.82) is 0 Å². The summed E-state index contributed by atoms with van der Waals surface area (Å²) in [4.78, 5) is 18.0. The van der Waals surface area contributed by atoms with Gasteiger partial charge in [-0.1, -0.05) is 54.6 Å². The molecule has 0 aromatic heterocycles. The Morgan fingerprint density at radius 1 is 0.848 bits per heavy atom. The number of carbonyl (C=O) groups excluding carboxylic acids is 1. The highest BCUT2D eigenvalue weighted by Crippen LogP contribution is 2.42. The fourth-order valence-corrected chi connectivity index (χ4v) is 5.62. The van der Waals surface area contributed by atoms with E-state index in [4.69, 9.17) is 4.74 Å². The Labute approximate surface area is 197 Å². The van der Waals surface area contributed by atoms with Gasteiger partial charge in [0.05, 0.1) is 6.61 Å². The Bertz CT molecular complexity index is 1100. The molecule has 0 radical (unpaired) electrons. The van der Waals surface area contributed by atoms with E-state index in [1.54, 1.807) is 0 Å². The smallest absolute Gasteiger partial charge is 0.254 e. The van der Waals surface area contributed by atoms with Crippen LogP contribution in [0.1, 0.15) is 48.5 Å². The lowest BCUT2D eigenvalue weighted by Crippen LogP contribution is -2.48. The molecule has 0 saturated carbocycles. The van der Waals surface area contributed by atoms with Crippen molar-refractivity contribution >= 4 is 16.7 Å². The molecule has 4 heteroatoms. The molecule has 0 unspecified atom stereocenters. The van der Waals surface area contributed by atoms with Crippen LogP contribution < -0.4 is 4.74 Å². The molecule has 172 valence electrons. The van der Waals surface area contributed by atoms with Crippen LogP contribution in [0.25, 0.3) is 10.8 Å². The Hall–Kier alpha value is -2.85. The van der Waals surface area contributed by atoms with Crippen LogP contribution in [0.2, 0.25) is 0 Å². The van der Waals surface area contributed by atoms with E-state index >= 15 is 0 Å². The predicted molar refractivity (Wildman–Crippen MR) is 134 cm³/mol. The number of likely N-dealkylation sites (tertiary alicyclic amines) is 2. The van der Waals surface area contributed by atoms with Crippen molar-refractivity contribution < 1.29 is 9.53 Å². The minimum Gasteiger partial charge on any atom is -0.494 e. The SMILES string of the molecule is CCOc1ccccc1CN1CCC2(CC1)CCN(C(=O)c1cccc3ccccc13)CC2. The number of fused-ring (bicyclic) bond motifs is 1. The van der Waals surface area contributed by atoms with Crippen LogP contribution in [0.15, 0.2) is 66.7 Å². The number of hydrogen-bond acceptors (Lipinski definition) is 3. The lowest BCUT2D eigenvalue weighted by Gasteiger charge is -2.47. The minimum atomic E-state index is 0.187. The number of benzene rings is 3. The van der Waals surface area contributed by atoms with E-state index in [0.29, 0.717) is 12.0 Å². The van der Waals surface area contributed by atoms with Crippen LogP contribution in [0.3, 0.4) is 0 Å².